The van der Waals surface area contributed by atoms with Crippen molar-refractivity contribution >= 4 is 27.3 Å². The molecule has 0 amide bonds. The standard InChI is InChI=1S/C13H9ClF3NO2S/c14-10-4-2-5-11(8-10)18-21(19,20)12-6-1-3-9(7-12)13(15,16)17/h1-8,18H. The molecule has 21 heavy (non-hydrogen) atoms. The summed E-state index contributed by atoms with van der Waals surface area (Å²) >= 11 is 5.72. The highest BCUT2D eigenvalue weighted by molar-refractivity contribution is 7.92. The van der Waals surface area contributed by atoms with Gasteiger partial charge in [-0.05, 0) is 36.4 Å². The van der Waals surface area contributed by atoms with Crippen LogP contribution in [0.5, 0.6) is 0 Å². The molecule has 0 aromatic heterocycles. The molecule has 112 valence electrons. The molecule has 2 rings (SSSR count). The monoisotopic (exact) mass is 335 g/mol. The second-order valence-corrected chi connectivity index (χ2v) is 6.26. The average molecular weight is 336 g/mol. The second-order valence-electron chi connectivity index (χ2n) is 4.14. The highest BCUT2D eigenvalue weighted by Gasteiger charge is 2.31. The summed E-state index contributed by atoms with van der Waals surface area (Å²) in [6.45, 7) is 0. The Bertz CT molecular complexity index is 760. The van der Waals surface area contributed by atoms with Gasteiger partial charge in [-0.1, -0.05) is 23.7 Å². The number of anilines is 1. The van der Waals surface area contributed by atoms with Crippen LogP contribution < -0.4 is 4.72 Å². The van der Waals surface area contributed by atoms with Crippen molar-refractivity contribution in [3.63, 3.8) is 0 Å². The molecule has 0 aliphatic rings. The number of halogens is 4. The lowest BCUT2D eigenvalue weighted by Gasteiger charge is -2.11. The zero-order valence-corrected chi connectivity index (χ0v) is 11.9. The third kappa shape index (κ3) is 3.89. The van der Waals surface area contributed by atoms with Gasteiger partial charge >= 0.3 is 6.18 Å². The second kappa shape index (κ2) is 5.57. The van der Waals surface area contributed by atoms with Gasteiger partial charge in [-0.25, -0.2) is 8.42 Å². The van der Waals surface area contributed by atoms with E-state index >= 15 is 0 Å². The van der Waals surface area contributed by atoms with Gasteiger partial charge in [-0.3, -0.25) is 4.72 Å². The van der Waals surface area contributed by atoms with Crippen LogP contribution in [0.2, 0.25) is 5.02 Å². The fraction of sp³-hybridized carbons (Fsp3) is 0.0769. The van der Waals surface area contributed by atoms with Crippen LogP contribution in [0.15, 0.2) is 53.4 Å². The van der Waals surface area contributed by atoms with Gasteiger partial charge in [0.05, 0.1) is 16.1 Å². The van der Waals surface area contributed by atoms with Gasteiger partial charge in [0.2, 0.25) is 0 Å². The zero-order chi connectivity index (χ0) is 15.7. The van der Waals surface area contributed by atoms with Crippen molar-refractivity contribution in [3.8, 4) is 0 Å². The van der Waals surface area contributed by atoms with Crippen LogP contribution in [0.25, 0.3) is 0 Å². The van der Waals surface area contributed by atoms with E-state index in [-0.39, 0.29) is 5.69 Å². The lowest BCUT2D eigenvalue weighted by atomic mass is 10.2. The minimum atomic E-state index is -4.61. The van der Waals surface area contributed by atoms with Crippen LogP contribution in [-0.4, -0.2) is 8.42 Å². The number of hydrogen-bond donors (Lipinski definition) is 1. The molecule has 0 saturated carbocycles. The molecular formula is C13H9ClF3NO2S. The number of benzene rings is 2. The van der Waals surface area contributed by atoms with E-state index in [0.717, 1.165) is 18.2 Å². The maximum Gasteiger partial charge on any atom is 0.416 e. The summed E-state index contributed by atoms with van der Waals surface area (Å²) in [4.78, 5) is -0.475. The van der Waals surface area contributed by atoms with Gasteiger partial charge in [0, 0.05) is 5.02 Å². The molecule has 0 atom stereocenters. The first-order valence-electron chi connectivity index (χ1n) is 5.64. The first-order chi connectivity index (χ1) is 9.68. The Morgan fingerprint density at radius 3 is 2.29 bits per heavy atom. The number of nitrogens with one attached hydrogen (secondary N) is 1. The van der Waals surface area contributed by atoms with Gasteiger partial charge in [-0.2, -0.15) is 13.2 Å². The van der Waals surface area contributed by atoms with Crippen molar-refractivity contribution in [3.05, 3.63) is 59.1 Å². The smallest absolute Gasteiger partial charge is 0.280 e. The van der Waals surface area contributed by atoms with Crippen molar-refractivity contribution in [1.82, 2.24) is 0 Å². The van der Waals surface area contributed by atoms with Crippen molar-refractivity contribution in [2.45, 2.75) is 11.1 Å². The van der Waals surface area contributed by atoms with E-state index in [1.54, 1.807) is 6.07 Å². The fourth-order valence-electron chi connectivity index (χ4n) is 1.61. The van der Waals surface area contributed by atoms with E-state index in [4.69, 9.17) is 11.6 Å². The number of alkyl halides is 3. The first-order valence-corrected chi connectivity index (χ1v) is 7.50. The van der Waals surface area contributed by atoms with Gasteiger partial charge in [0.15, 0.2) is 0 Å². The van der Waals surface area contributed by atoms with Crippen LogP contribution in [0.4, 0.5) is 18.9 Å². The van der Waals surface area contributed by atoms with Gasteiger partial charge in [-0.15, -0.1) is 0 Å². The van der Waals surface area contributed by atoms with E-state index in [0.29, 0.717) is 11.1 Å². The lowest BCUT2D eigenvalue weighted by molar-refractivity contribution is -0.137. The molecule has 0 heterocycles. The quantitative estimate of drug-likeness (QED) is 0.915. The fourth-order valence-corrected chi connectivity index (χ4v) is 2.89. The van der Waals surface area contributed by atoms with Crippen molar-refractivity contribution in [1.29, 1.82) is 0 Å². The molecule has 3 nitrogen and oxygen atoms in total. The van der Waals surface area contributed by atoms with Crippen molar-refractivity contribution in [2.24, 2.45) is 0 Å². The van der Waals surface area contributed by atoms with Crippen molar-refractivity contribution in [2.75, 3.05) is 4.72 Å². The third-order valence-electron chi connectivity index (χ3n) is 2.55. The Morgan fingerprint density at radius 2 is 1.67 bits per heavy atom. The van der Waals surface area contributed by atoms with Crippen LogP contribution in [-0.2, 0) is 16.2 Å². The predicted molar refractivity (Wildman–Crippen MR) is 73.7 cm³/mol. The highest BCUT2D eigenvalue weighted by Crippen LogP contribution is 2.31. The molecule has 0 aliphatic carbocycles. The van der Waals surface area contributed by atoms with E-state index in [9.17, 15) is 21.6 Å². The molecule has 0 aliphatic heterocycles. The Morgan fingerprint density at radius 1 is 1.00 bits per heavy atom. The largest absolute Gasteiger partial charge is 0.416 e. The summed E-state index contributed by atoms with van der Waals surface area (Å²) in [7, 11) is -4.12. The average Bonchev–Trinajstić information content (AvgIpc) is 2.37. The molecule has 0 bridgehead atoms. The minimum absolute atomic E-state index is 0.167. The predicted octanol–water partition coefficient (Wildman–Crippen LogP) is 4.16. The van der Waals surface area contributed by atoms with Gasteiger partial charge in [0.25, 0.3) is 10.0 Å². The highest BCUT2D eigenvalue weighted by atomic mass is 35.5. The summed E-state index contributed by atoms with van der Waals surface area (Å²) < 4.78 is 64.1. The maximum atomic E-state index is 12.6. The third-order valence-corrected chi connectivity index (χ3v) is 4.16. The van der Waals surface area contributed by atoms with Gasteiger partial charge < -0.3 is 0 Å². The molecule has 8 heteroatoms. The van der Waals surface area contributed by atoms with Crippen LogP contribution in [0.3, 0.4) is 0 Å². The molecule has 0 spiro atoms. The Kier molecular flexibility index (Phi) is 4.15. The zero-order valence-electron chi connectivity index (χ0n) is 10.4. The van der Waals surface area contributed by atoms with E-state index in [1.807, 2.05) is 0 Å². The van der Waals surface area contributed by atoms with Gasteiger partial charge in [0.1, 0.15) is 0 Å². The summed E-state index contributed by atoms with van der Waals surface area (Å²) in [5.74, 6) is 0. The molecule has 1 N–H and O–H groups in total. The molecule has 2 aromatic rings. The summed E-state index contributed by atoms with van der Waals surface area (Å²) in [6.07, 6.45) is -4.61. The molecule has 0 radical (unpaired) electrons. The Hall–Kier alpha value is -1.73. The Labute approximate surface area is 124 Å². The summed E-state index contributed by atoms with van der Waals surface area (Å²) in [5, 5.41) is 0.305. The van der Waals surface area contributed by atoms with Crippen LogP contribution in [0.1, 0.15) is 5.56 Å². The summed E-state index contributed by atoms with van der Waals surface area (Å²) in [6, 6.07) is 9.36. The number of hydrogen-bond acceptors (Lipinski definition) is 2. The van der Waals surface area contributed by atoms with Crippen molar-refractivity contribution < 1.29 is 21.6 Å². The lowest BCUT2D eigenvalue weighted by Crippen LogP contribution is -2.14. The molecule has 0 unspecified atom stereocenters. The topological polar surface area (TPSA) is 46.2 Å². The summed E-state index contributed by atoms with van der Waals surface area (Å²) in [5.41, 5.74) is -0.864. The van der Waals surface area contributed by atoms with E-state index < -0.39 is 26.7 Å². The molecule has 0 fully saturated rings. The number of sulfonamides is 1. The molecule has 2 aromatic carbocycles. The van der Waals surface area contributed by atoms with Crippen LogP contribution >= 0.6 is 11.6 Å². The number of rotatable bonds is 3. The van der Waals surface area contributed by atoms with Crippen LogP contribution in [0, 0.1) is 0 Å². The molecule has 0 saturated heterocycles. The maximum absolute atomic E-state index is 12.6. The van der Waals surface area contributed by atoms with E-state index in [1.165, 1.54) is 18.2 Å². The first kappa shape index (κ1) is 15.7. The SMILES string of the molecule is O=S(=O)(Nc1cccc(Cl)c1)c1cccc(C(F)(F)F)c1. The van der Waals surface area contributed by atoms with E-state index in [2.05, 4.69) is 4.72 Å². The minimum Gasteiger partial charge on any atom is -0.280 e. The normalized spacial score (nSPS) is 12.2. The molecular weight excluding hydrogens is 327 g/mol. The Balaban J connectivity index is 2.36.